The van der Waals surface area contributed by atoms with E-state index in [9.17, 15) is 4.79 Å². The summed E-state index contributed by atoms with van der Waals surface area (Å²) in [6.07, 6.45) is 8.63. The highest BCUT2D eigenvalue weighted by Crippen LogP contribution is 2.28. The van der Waals surface area contributed by atoms with Crippen molar-refractivity contribution in [2.45, 2.75) is 49.3 Å². The SMILES string of the molecule is CC1CCC(NC(=O)c2ccccc2SCc2cn3ccccc3n2)CC1. The number of hydrogen-bond donors (Lipinski definition) is 1. The van der Waals surface area contributed by atoms with Crippen molar-refractivity contribution in [3.8, 4) is 0 Å². The first kappa shape index (κ1) is 18.1. The topological polar surface area (TPSA) is 46.4 Å². The number of imidazole rings is 1. The Bertz CT molecular complexity index is 895. The first-order chi connectivity index (χ1) is 13.2. The number of rotatable bonds is 5. The largest absolute Gasteiger partial charge is 0.349 e. The normalized spacial score (nSPS) is 19.9. The lowest BCUT2D eigenvalue weighted by molar-refractivity contribution is 0.0920. The van der Waals surface area contributed by atoms with E-state index < -0.39 is 0 Å². The predicted octanol–water partition coefficient (Wildman–Crippen LogP) is 4.94. The lowest BCUT2D eigenvalue weighted by Crippen LogP contribution is -2.37. The molecule has 140 valence electrons. The third-order valence-corrected chi connectivity index (χ3v) is 6.38. The minimum Gasteiger partial charge on any atom is -0.349 e. The van der Waals surface area contributed by atoms with Crippen LogP contribution in [-0.4, -0.2) is 21.3 Å². The van der Waals surface area contributed by atoms with E-state index in [0.717, 1.165) is 46.3 Å². The van der Waals surface area contributed by atoms with Gasteiger partial charge in [-0.2, -0.15) is 0 Å². The van der Waals surface area contributed by atoms with E-state index in [0.29, 0.717) is 6.04 Å². The van der Waals surface area contributed by atoms with E-state index in [4.69, 9.17) is 0 Å². The third-order valence-electron chi connectivity index (χ3n) is 5.27. The molecular formula is C22H25N3OS. The number of thioether (sulfide) groups is 1. The lowest BCUT2D eigenvalue weighted by atomic mass is 9.87. The number of hydrogen-bond acceptors (Lipinski definition) is 3. The zero-order chi connectivity index (χ0) is 18.6. The van der Waals surface area contributed by atoms with E-state index >= 15 is 0 Å². The molecule has 0 atom stereocenters. The van der Waals surface area contributed by atoms with E-state index in [1.54, 1.807) is 11.8 Å². The average Bonchev–Trinajstić information content (AvgIpc) is 3.11. The summed E-state index contributed by atoms with van der Waals surface area (Å²) in [5.74, 6) is 1.58. The van der Waals surface area contributed by atoms with Crippen molar-refractivity contribution in [2.24, 2.45) is 5.92 Å². The van der Waals surface area contributed by atoms with Crippen LogP contribution in [-0.2, 0) is 5.75 Å². The molecule has 0 saturated heterocycles. The van der Waals surface area contributed by atoms with Gasteiger partial charge in [0, 0.05) is 29.1 Å². The number of fused-ring (bicyclic) bond motifs is 1. The molecule has 1 saturated carbocycles. The number of aromatic nitrogens is 2. The summed E-state index contributed by atoms with van der Waals surface area (Å²) in [6, 6.07) is 14.2. The van der Waals surface area contributed by atoms with Crippen LogP contribution in [0, 0.1) is 5.92 Å². The Balaban J connectivity index is 1.43. The number of nitrogens with zero attached hydrogens (tertiary/aromatic N) is 2. The fourth-order valence-electron chi connectivity index (χ4n) is 3.66. The maximum Gasteiger partial charge on any atom is 0.252 e. The molecule has 2 aromatic heterocycles. The smallest absolute Gasteiger partial charge is 0.252 e. The van der Waals surface area contributed by atoms with Crippen LogP contribution in [0.1, 0.15) is 48.7 Å². The molecule has 1 fully saturated rings. The van der Waals surface area contributed by atoms with Gasteiger partial charge in [-0.05, 0) is 55.9 Å². The minimum absolute atomic E-state index is 0.0488. The van der Waals surface area contributed by atoms with Gasteiger partial charge in [-0.3, -0.25) is 4.79 Å². The Morgan fingerprint density at radius 1 is 1.15 bits per heavy atom. The molecule has 1 N–H and O–H groups in total. The van der Waals surface area contributed by atoms with Crippen molar-refractivity contribution in [1.82, 2.24) is 14.7 Å². The molecule has 0 spiro atoms. The lowest BCUT2D eigenvalue weighted by Gasteiger charge is -2.27. The maximum absolute atomic E-state index is 12.8. The highest BCUT2D eigenvalue weighted by atomic mass is 32.2. The number of benzene rings is 1. The Hall–Kier alpha value is -2.27. The van der Waals surface area contributed by atoms with Crippen LogP contribution in [0.2, 0.25) is 0 Å². The van der Waals surface area contributed by atoms with E-state index in [2.05, 4.69) is 17.2 Å². The maximum atomic E-state index is 12.8. The molecule has 1 aliphatic rings. The number of amides is 1. The van der Waals surface area contributed by atoms with Gasteiger partial charge in [0.15, 0.2) is 0 Å². The van der Waals surface area contributed by atoms with Crippen molar-refractivity contribution in [2.75, 3.05) is 0 Å². The van der Waals surface area contributed by atoms with Crippen LogP contribution in [0.4, 0.5) is 0 Å². The highest BCUT2D eigenvalue weighted by molar-refractivity contribution is 7.98. The molecule has 5 heteroatoms. The Labute approximate surface area is 164 Å². The minimum atomic E-state index is 0.0488. The molecular weight excluding hydrogens is 354 g/mol. The molecule has 1 aromatic carbocycles. The van der Waals surface area contributed by atoms with Gasteiger partial charge in [-0.15, -0.1) is 11.8 Å². The Kier molecular flexibility index (Phi) is 5.48. The van der Waals surface area contributed by atoms with Gasteiger partial charge in [-0.25, -0.2) is 4.98 Å². The second-order valence-corrected chi connectivity index (χ2v) is 8.43. The van der Waals surface area contributed by atoms with Crippen molar-refractivity contribution in [3.63, 3.8) is 0 Å². The summed E-state index contributed by atoms with van der Waals surface area (Å²) in [5, 5.41) is 3.24. The molecule has 27 heavy (non-hydrogen) atoms. The van der Waals surface area contributed by atoms with Gasteiger partial charge in [0.1, 0.15) is 5.65 Å². The molecule has 2 heterocycles. The molecule has 0 radical (unpaired) electrons. The van der Waals surface area contributed by atoms with Crippen molar-refractivity contribution in [3.05, 3.63) is 66.1 Å². The monoisotopic (exact) mass is 379 g/mol. The van der Waals surface area contributed by atoms with E-state index in [-0.39, 0.29) is 5.91 Å². The van der Waals surface area contributed by atoms with E-state index in [1.807, 2.05) is 59.3 Å². The van der Waals surface area contributed by atoms with E-state index in [1.165, 1.54) is 12.8 Å². The average molecular weight is 380 g/mol. The van der Waals surface area contributed by atoms with Gasteiger partial charge in [-0.1, -0.05) is 25.1 Å². The fourth-order valence-corrected chi connectivity index (χ4v) is 4.59. The Morgan fingerprint density at radius 3 is 2.74 bits per heavy atom. The van der Waals surface area contributed by atoms with Crippen LogP contribution in [0.3, 0.4) is 0 Å². The summed E-state index contributed by atoms with van der Waals surface area (Å²) >= 11 is 1.67. The first-order valence-electron chi connectivity index (χ1n) is 9.64. The fraction of sp³-hybridized carbons (Fsp3) is 0.364. The second-order valence-electron chi connectivity index (χ2n) is 7.41. The zero-order valence-electron chi connectivity index (χ0n) is 15.6. The number of pyridine rings is 1. The van der Waals surface area contributed by atoms with Gasteiger partial charge < -0.3 is 9.72 Å². The number of nitrogens with one attached hydrogen (secondary N) is 1. The molecule has 0 unspecified atom stereocenters. The second kappa shape index (κ2) is 8.17. The Morgan fingerprint density at radius 2 is 1.93 bits per heavy atom. The number of carbonyl (C=O) groups is 1. The van der Waals surface area contributed by atoms with Crippen LogP contribution in [0.15, 0.2) is 59.8 Å². The summed E-state index contributed by atoms with van der Waals surface area (Å²) in [4.78, 5) is 18.5. The summed E-state index contributed by atoms with van der Waals surface area (Å²) in [5.41, 5.74) is 2.73. The molecule has 0 aliphatic heterocycles. The van der Waals surface area contributed by atoms with Gasteiger partial charge in [0.05, 0.1) is 11.3 Å². The summed E-state index contributed by atoms with van der Waals surface area (Å²) in [7, 11) is 0. The number of carbonyl (C=O) groups excluding carboxylic acids is 1. The van der Waals surface area contributed by atoms with Crippen molar-refractivity contribution in [1.29, 1.82) is 0 Å². The van der Waals surface area contributed by atoms with Crippen molar-refractivity contribution >= 4 is 23.3 Å². The molecule has 0 bridgehead atoms. The highest BCUT2D eigenvalue weighted by Gasteiger charge is 2.21. The van der Waals surface area contributed by atoms with Gasteiger partial charge >= 0.3 is 0 Å². The van der Waals surface area contributed by atoms with Crippen LogP contribution >= 0.6 is 11.8 Å². The van der Waals surface area contributed by atoms with Crippen molar-refractivity contribution < 1.29 is 4.79 Å². The molecule has 3 aromatic rings. The predicted molar refractivity (Wildman–Crippen MR) is 110 cm³/mol. The molecule has 4 nitrogen and oxygen atoms in total. The van der Waals surface area contributed by atoms with Gasteiger partial charge in [0.2, 0.25) is 0 Å². The van der Waals surface area contributed by atoms with Gasteiger partial charge in [0.25, 0.3) is 5.91 Å². The quantitative estimate of drug-likeness (QED) is 0.639. The standard InChI is InChI=1S/C22H25N3OS/c1-16-9-11-17(12-10-16)24-22(26)19-6-2-3-7-20(19)27-15-18-14-25-13-5-4-8-21(25)23-18/h2-8,13-14,16-17H,9-12,15H2,1H3,(H,24,26). The zero-order valence-corrected chi connectivity index (χ0v) is 16.4. The third kappa shape index (κ3) is 4.35. The van der Waals surface area contributed by atoms with Crippen LogP contribution in [0.25, 0.3) is 5.65 Å². The summed E-state index contributed by atoms with van der Waals surface area (Å²) in [6.45, 7) is 2.29. The molecule has 1 amide bonds. The summed E-state index contributed by atoms with van der Waals surface area (Å²) < 4.78 is 2.03. The first-order valence-corrected chi connectivity index (χ1v) is 10.6. The van der Waals surface area contributed by atoms with Crippen LogP contribution < -0.4 is 5.32 Å². The van der Waals surface area contributed by atoms with Crippen LogP contribution in [0.5, 0.6) is 0 Å². The molecule has 4 rings (SSSR count). The molecule has 1 aliphatic carbocycles.